The molecule has 0 aliphatic heterocycles. The van der Waals surface area contributed by atoms with Crippen molar-refractivity contribution >= 4 is 17.5 Å². The molecule has 0 bridgehead atoms. The number of hydrogen-bond donors (Lipinski definition) is 0. The van der Waals surface area contributed by atoms with Crippen LogP contribution in [0.25, 0.3) is 0 Å². The lowest BCUT2D eigenvalue weighted by Gasteiger charge is -2.28. The number of hydrogen-bond acceptors (Lipinski definition) is 1. The summed E-state index contributed by atoms with van der Waals surface area (Å²) < 4.78 is 2.02. The van der Waals surface area contributed by atoms with E-state index in [4.69, 9.17) is 11.6 Å². The zero-order chi connectivity index (χ0) is 12.3. The molecule has 1 atom stereocenters. The Labute approximate surface area is 102 Å². The summed E-state index contributed by atoms with van der Waals surface area (Å²) in [4.78, 5) is 13.7. The Bertz CT molecular complexity index is 358. The topological polar surface area (TPSA) is 25.2 Å². The number of halogens is 1. The minimum absolute atomic E-state index is 0.0159. The van der Waals surface area contributed by atoms with Gasteiger partial charge in [0.25, 0.3) is 0 Å². The van der Waals surface area contributed by atoms with E-state index in [-0.39, 0.29) is 11.9 Å². The Morgan fingerprint density at radius 3 is 2.50 bits per heavy atom. The summed E-state index contributed by atoms with van der Waals surface area (Å²) in [6.07, 6.45) is 1.97. The summed E-state index contributed by atoms with van der Waals surface area (Å²) in [6, 6.07) is 4.15. The van der Waals surface area contributed by atoms with Crippen LogP contribution in [-0.2, 0) is 18.4 Å². The van der Waals surface area contributed by atoms with Crippen molar-refractivity contribution in [3.05, 3.63) is 24.0 Å². The van der Waals surface area contributed by atoms with Crippen LogP contribution < -0.4 is 0 Å². The van der Waals surface area contributed by atoms with Crippen molar-refractivity contribution in [3.8, 4) is 0 Å². The molecular weight excluding hydrogens is 224 g/mol. The Balaban J connectivity index is 2.81. The van der Waals surface area contributed by atoms with Gasteiger partial charge in [0.15, 0.2) is 0 Å². The molecule has 0 N–H and O–H groups in total. The summed E-state index contributed by atoms with van der Waals surface area (Å²) in [5.41, 5.74) is 1.11. The molecule has 1 aromatic heterocycles. The fourth-order valence-electron chi connectivity index (χ4n) is 1.58. The number of aryl methyl sites for hydroxylation is 1. The van der Waals surface area contributed by atoms with Gasteiger partial charge >= 0.3 is 0 Å². The number of carbonyl (C=O) groups excluding carboxylic acids is 1. The van der Waals surface area contributed by atoms with E-state index in [2.05, 4.69) is 0 Å². The molecule has 0 aliphatic carbocycles. The highest BCUT2D eigenvalue weighted by Gasteiger charge is 2.21. The minimum Gasteiger partial charge on any atom is -0.353 e. The molecule has 0 aromatic carbocycles. The van der Waals surface area contributed by atoms with Gasteiger partial charge in [-0.25, -0.2) is 0 Å². The normalized spacial score (nSPS) is 12.9. The molecule has 0 aliphatic rings. The maximum absolute atomic E-state index is 11.9. The Hall–Kier alpha value is -0.960. The maximum atomic E-state index is 11.9. The summed E-state index contributed by atoms with van der Waals surface area (Å²) in [5, 5.41) is -0.470. The number of amides is 1. The third-order valence-corrected chi connectivity index (χ3v) is 2.82. The second-order valence-electron chi connectivity index (χ2n) is 4.29. The molecule has 1 amide bonds. The molecule has 16 heavy (non-hydrogen) atoms. The molecule has 0 saturated heterocycles. The van der Waals surface area contributed by atoms with Gasteiger partial charge in [0.05, 0.1) is 6.54 Å². The van der Waals surface area contributed by atoms with Gasteiger partial charge in [-0.15, -0.1) is 11.6 Å². The fraction of sp³-hybridized carbons (Fsp3) is 0.583. The van der Waals surface area contributed by atoms with Crippen LogP contribution in [0.1, 0.15) is 26.5 Å². The quantitative estimate of drug-likeness (QED) is 0.745. The van der Waals surface area contributed by atoms with Crippen LogP contribution in [-0.4, -0.2) is 26.8 Å². The molecule has 1 rings (SSSR count). The summed E-state index contributed by atoms with van der Waals surface area (Å²) in [7, 11) is 1.97. The molecule has 1 aromatic rings. The van der Waals surface area contributed by atoms with E-state index in [9.17, 15) is 4.79 Å². The van der Waals surface area contributed by atoms with E-state index in [1.165, 1.54) is 0 Å². The number of aromatic nitrogens is 1. The average molecular weight is 243 g/mol. The summed E-state index contributed by atoms with van der Waals surface area (Å²) in [5.74, 6) is -0.0159. The first kappa shape index (κ1) is 13.1. The summed E-state index contributed by atoms with van der Waals surface area (Å²) in [6.45, 7) is 6.32. The largest absolute Gasteiger partial charge is 0.353 e. The third-order valence-electron chi connectivity index (χ3n) is 2.63. The van der Waals surface area contributed by atoms with Crippen LogP contribution in [0, 0.1) is 0 Å². The molecular formula is C12H19ClN2O. The van der Waals surface area contributed by atoms with Crippen molar-refractivity contribution in [1.29, 1.82) is 0 Å². The molecule has 0 radical (unpaired) electrons. The third kappa shape index (κ3) is 3.01. The molecule has 4 heteroatoms. The maximum Gasteiger partial charge on any atom is 0.240 e. The number of alkyl halides is 1. The van der Waals surface area contributed by atoms with Gasteiger partial charge in [0.1, 0.15) is 5.38 Å². The van der Waals surface area contributed by atoms with Gasteiger partial charge in [-0.2, -0.15) is 0 Å². The highest BCUT2D eigenvalue weighted by molar-refractivity contribution is 6.30. The molecule has 3 nitrogen and oxygen atoms in total. The number of carbonyl (C=O) groups is 1. The standard InChI is InChI=1S/C12H19ClN2O/c1-9(2)15(12(16)10(3)13)8-11-6-5-7-14(11)4/h5-7,9-10H,8H2,1-4H3. The van der Waals surface area contributed by atoms with Crippen molar-refractivity contribution in [2.24, 2.45) is 7.05 Å². The average Bonchev–Trinajstić information content (AvgIpc) is 2.59. The first-order valence-electron chi connectivity index (χ1n) is 5.48. The van der Waals surface area contributed by atoms with E-state index in [1.807, 2.05) is 43.8 Å². The van der Waals surface area contributed by atoms with E-state index >= 15 is 0 Å². The van der Waals surface area contributed by atoms with Crippen LogP contribution >= 0.6 is 11.6 Å². The predicted molar refractivity (Wildman–Crippen MR) is 66.4 cm³/mol. The van der Waals surface area contributed by atoms with Gasteiger partial charge in [-0.05, 0) is 32.9 Å². The van der Waals surface area contributed by atoms with Gasteiger partial charge in [0, 0.05) is 25.0 Å². The Kier molecular flexibility index (Phi) is 4.42. The second-order valence-corrected chi connectivity index (χ2v) is 4.94. The van der Waals surface area contributed by atoms with E-state index in [0.717, 1.165) is 5.69 Å². The first-order chi connectivity index (χ1) is 7.43. The van der Waals surface area contributed by atoms with Crippen molar-refractivity contribution in [2.75, 3.05) is 0 Å². The smallest absolute Gasteiger partial charge is 0.240 e. The SMILES string of the molecule is CC(Cl)C(=O)N(Cc1cccn1C)C(C)C. The van der Waals surface area contributed by atoms with E-state index in [1.54, 1.807) is 11.8 Å². The monoisotopic (exact) mass is 242 g/mol. The van der Waals surface area contributed by atoms with Gasteiger partial charge in [0.2, 0.25) is 5.91 Å². The van der Waals surface area contributed by atoms with Crippen LogP contribution in [0.5, 0.6) is 0 Å². The molecule has 1 unspecified atom stereocenters. The lowest BCUT2D eigenvalue weighted by Crippen LogP contribution is -2.40. The molecule has 1 heterocycles. The lowest BCUT2D eigenvalue weighted by molar-refractivity contribution is -0.132. The van der Waals surface area contributed by atoms with Crippen LogP contribution in [0.15, 0.2) is 18.3 Å². The van der Waals surface area contributed by atoms with Gasteiger partial charge in [-0.3, -0.25) is 4.79 Å². The lowest BCUT2D eigenvalue weighted by atomic mass is 10.2. The van der Waals surface area contributed by atoms with Crippen LogP contribution in [0.4, 0.5) is 0 Å². The molecule has 90 valence electrons. The number of rotatable bonds is 4. The Morgan fingerprint density at radius 2 is 2.12 bits per heavy atom. The molecule has 0 fully saturated rings. The van der Waals surface area contributed by atoms with E-state index in [0.29, 0.717) is 6.54 Å². The highest BCUT2D eigenvalue weighted by atomic mass is 35.5. The van der Waals surface area contributed by atoms with Crippen molar-refractivity contribution in [1.82, 2.24) is 9.47 Å². The zero-order valence-electron chi connectivity index (χ0n) is 10.3. The van der Waals surface area contributed by atoms with Gasteiger partial charge < -0.3 is 9.47 Å². The highest BCUT2D eigenvalue weighted by Crippen LogP contribution is 2.12. The van der Waals surface area contributed by atoms with Crippen LogP contribution in [0.2, 0.25) is 0 Å². The summed E-state index contributed by atoms with van der Waals surface area (Å²) >= 11 is 5.85. The number of nitrogens with zero attached hydrogens (tertiary/aromatic N) is 2. The predicted octanol–water partition coefficient (Wildman–Crippen LogP) is 2.39. The molecule has 0 spiro atoms. The zero-order valence-corrected chi connectivity index (χ0v) is 11.0. The first-order valence-corrected chi connectivity index (χ1v) is 5.92. The van der Waals surface area contributed by atoms with Crippen molar-refractivity contribution < 1.29 is 4.79 Å². The van der Waals surface area contributed by atoms with Crippen molar-refractivity contribution in [3.63, 3.8) is 0 Å². The fourth-order valence-corrected chi connectivity index (χ4v) is 1.70. The molecule has 0 saturated carbocycles. The van der Waals surface area contributed by atoms with Crippen molar-refractivity contribution in [2.45, 2.75) is 38.7 Å². The minimum atomic E-state index is -0.470. The van der Waals surface area contributed by atoms with E-state index < -0.39 is 5.38 Å². The van der Waals surface area contributed by atoms with Crippen LogP contribution in [0.3, 0.4) is 0 Å². The second kappa shape index (κ2) is 5.39. The van der Waals surface area contributed by atoms with Gasteiger partial charge in [-0.1, -0.05) is 0 Å². The Morgan fingerprint density at radius 1 is 1.50 bits per heavy atom.